The summed E-state index contributed by atoms with van der Waals surface area (Å²) in [6, 6.07) is 14.9. The first-order valence-corrected chi connectivity index (χ1v) is 6.92. The minimum atomic E-state index is -0.357. The van der Waals surface area contributed by atoms with Crippen molar-refractivity contribution in [2.45, 2.75) is 0 Å². The number of hydrogen-bond donors (Lipinski definition) is 1. The van der Waals surface area contributed by atoms with Gasteiger partial charge in [-0.15, -0.1) is 0 Å². The summed E-state index contributed by atoms with van der Waals surface area (Å²) in [6.07, 6.45) is 1.77. The van der Waals surface area contributed by atoms with Crippen LogP contribution in [0.25, 0.3) is 33.1 Å². The van der Waals surface area contributed by atoms with Crippen LogP contribution >= 0.6 is 11.6 Å². The van der Waals surface area contributed by atoms with E-state index in [2.05, 4.69) is 9.97 Å². The first-order chi connectivity index (χ1) is 10.2. The molecule has 0 amide bonds. The molecule has 102 valence electrons. The van der Waals surface area contributed by atoms with Crippen LogP contribution in [0, 0.1) is 5.82 Å². The van der Waals surface area contributed by atoms with E-state index in [1.807, 2.05) is 36.4 Å². The summed E-state index contributed by atoms with van der Waals surface area (Å²) in [6.45, 7) is 0. The molecular weight excluding hydrogens is 287 g/mol. The van der Waals surface area contributed by atoms with E-state index in [9.17, 15) is 4.39 Å². The zero-order valence-corrected chi connectivity index (χ0v) is 11.7. The first kappa shape index (κ1) is 12.4. The lowest BCUT2D eigenvalue weighted by Crippen LogP contribution is -1.84. The van der Waals surface area contributed by atoms with E-state index >= 15 is 0 Å². The van der Waals surface area contributed by atoms with Crippen molar-refractivity contribution in [1.82, 2.24) is 9.97 Å². The molecule has 0 saturated carbocycles. The molecule has 0 aliphatic carbocycles. The van der Waals surface area contributed by atoms with Crippen molar-refractivity contribution < 1.29 is 4.39 Å². The van der Waals surface area contributed by atoms with Crippen LogP contribution in [-0.2, 0) is 0 Å². The molecule has 4 aromatic rings. The van der Waals surface area contributed by atoms with Gasteiger partial charge in [0.15, 0.2) is 0 Å². The number of aromatic nitrogens is 2. The molecule has 2 aromatic carbocycles. The second kappa shape index (κ2) is 4.57. The number of H-pyrrole nitrogens is 1. The maximum Gasteiger partial charge on any atom is 0.148 e. The Morgan fingerprint density at radius 1 is 1.05 bits per heavy atom. The highest BCUT2D eigenvalue weighted by molar-refractivity contribution is 6.31. The van der Waals surface area contributed by atoms with Crippen LogP contribution in [0.3, 0.4) is 0 Å². The maximum atomic E-state index is 13.9. The summed E-state index contributed by atoms with van der Waals surface area (Å²) < 4.78 is 13.9. The molecule has 2 heterocycles. The molecule has 2 nitrogen and oxygen atoms in total. The molecule has 0 spiro atoms. The van der Waals surface area contributed by atoms with Crippen molar-refractivity contribution in [2.75, 3.05) is 0 Å². The Balaban J connectivity index is 2.00. The lowest BCUT2D eigenvalue weighted by Gasteiger charge is -2.02. The molecule has 4 heteroatoms. The summed E-state index contributed by atoms with van der Waals surface area (Å²) in [5.74, 6) is -0.357. The lowest BCUT2D eigenvalue weighted by atomic mass is 10.1. The van der Waals surface area contributed by atoms with E-state index < -0.39 is 0 Å². The van der Waals surface area contributed by atoms with E-state index in [4.69, 9.17) is 11.6 Å². The molecular formula is C17H10ClFN2. The van der Waals surface area contributed by atoms with Crippen LogP contribution in [0.15, 0.2) is 54.7 Å². The van der Waals surface area contributed by atoms with Gasteiger partial charge in [-0.3, -0.25) is 0 Å². The second-order valence-electron chi connectivity index (χ2n) is 4.90. The van der Waals surface area contributed by atoms with Gasteiger partial charge in [0.2, 0.25) is 0 Å². The molecule has 4 rings (SSSR count). The van der Waals surface area contributed by atoms with E-state index in [-0.39, 0.29) is 5.82 Å². The van der Waals surface area contributed by atoms with E-state index in [1.54, 1.807) is 12.3 Å². The third-order valence-electron chi connectivity index (χ3n) is 3.58. The number of benzene rings is 2. The topological polar surface area (TPSA) is 28.7 Å². The van der Waals surface area contributed by atoms with E-state index in [0.717, 1.165) is 27.5 Å². The van der Waals surface area contributed by atoms with Crippen LogP contribution in [0.4, 0.5) is 4.39 Å². The van der Waals surface area contributed by atoms with Gasteiger partial charge >= 0.3 is 0 Å². The third-order valence-corrected chi connectivity index (χ3v) is 3.80. The van der Waals surface area contributed by atoms with Crippen LogP contribution in [0.5, 0.6) is 0 Å². The number of halogens is 2. The Morgan fingerprint density at radius 3 is 2.81 bits per heavy atom. The van der Waals surface area contributed by atoms with Gasteiger partial charge in [0.25, 0.3) is 0 Å². The molecule has 0 fully saturated rings. The number of nitrogens with zero attached hydrogens (tertiary/aromatic N) is 1. The Labute approximate surface area is 125 Å². The quantitative estimate of drug-likeness (QED) is 0.515. The number of aromatic amines is 1. The van der Waals surface area contributed by atoms with E-state index in [1.165, 1.54) is 6.07 Å². The van der Waals surface area contributed by atoms with Crippen LogP contribution in [0.2, 0.25) is 5.02 Å². The van der Waals surface area contributed by atoms with Gasteiger partial charge in [0.05, 0.1) is 16.7 Å². The molecule has 21 heavy (non-hydrogen) atoms. The van der Waals surface area contributed by atoms with Gasteiger partial charge in [0.1, 0.15) is 5.82 Å². The van der Waals surface area contributed by atoms with Gasteiger partial charge in [-0.25, -0.2) is 9.37 Å². The van der Waals surface area contributed by atoms with Crippen molar-refractivity contribution in [2.24, 2.45) is 0 Å². The highest BCUT2D eigenvalue weighted by Crippen LogP contribution is 2.32. The molecule has 0 unspecified atom stereocenters. The average Bonchev–Trinajstić information content (AvgIpc) is 2.91. The predicted molar refractivity (Wildman–Crippen MR) is 84.0 cm³/mol. The standard InChI is InChI=1S/C17H10ClFN2/c18-11-7-12-13(9-20-17(12)14(19)8-11)16-6-5-10-3-1-2-4-15(10)21-16/h1-9,20H. The summed E-state index contributed by atoms with van der Waals surface area (Å²) in [7, 11) is 0. The minimum Gasteiger partial charge on any atom is -0.358 e. The summed E-state index contributed by atoms with van der Waals surface area (Å²) in [5.41, 5.74) is 3.00. The number of pyridine rings is 1. The maximum absolute atomic E-state index is 13.9. The molecule has 0 atom stereocenters. The SMILES string of the molecule is Fc1cc(Cl)cc2c(-c3ccc4ccccc4n3)c[nH]c12. The Bertz CT molecular complexity index is 975. The number of nitrogens with one attached hydrogen (secondary N) is 1. The summed E-state index contributed by atoms with van der Waals surface area (Å²) >= 11 is 5.96. The fraction of sp³-hybridized carbons (Fsp3) is 0. The van der Waals surface area contributed by atoms with Crippen LogP contribution in [0.1, 0.15) is 0 Å². The minimum absolute atomic E-state index is 0.357. The Morgan fingerprint density at radius 2 is 1.90 bits per heavy atom. The molecule has 2 aromatic heterocycles. The van der Waals surface area contributed by atoms with Gasteiger partial charge < -0.3 is 4.98 Å². The normalized spacial score (nSPS) is 11.3. The van der Waals surface area contributed by atoms with Gasteiger partial charge in [-0.1, -0.05) is 35.9 Å². The van der Waals surface area contributed by atoms with Gasteiger partial charge in [-0.05, 0) is 24.3 Å². The molecule has 0 aliphatic rings. The second-order valence-corrected chi connectivity index (χ2v) is 5.34. The number of hydrogen-bond acceptors (Lipinski definition) is 1. The molecule has 0 radical (unpaired) electrons. The number of para-hydroxylation sites is 1. The zero-order chi connectivity index (χ0) is 14.4. The zero-order valence-electron chi connectivity index (χ0n) is 10.9. The average molecular weight is 297 g/mol. The number of rotatable bonds is 1. The predicted octanol–water partition coefficient (Wildman–Crippen LogP) is 5.18. The number of fused-ring (bicyclic) bond motifs is 2. The summed E-state index contributed by atoms with van der Waals surface area (Å²) in [5, 5.41) is 2.19. The Kier molecular flexibility index (Phi) is 2.69. The molecule has 0 saturated heterocycles. The fourth-order valence-electron chi connectivity index (χ4n) is 2.58. The largest absolute Gasteiger partial charge is 0.358 e. The van der Waals surface area contributed by atoms with Crippen LogP contribution < -0.4 is 0 Å². The van der Waals surface area contributed by atoms with Crippen molar-refractivity contribution in [1.29, 1.82) is 0 Å². The van der Waals surface area contributed by atoms with Crippen molar-refractivity contribution in [3.8, 4) is 11.3 Å². The van der Waals surface area contributed by atoms with Gasteiger partial charge in [-0.2, -0.15) is 0 Å². The highest BCUT2D eigenvalue weighted by Gasteiger charge is 2.12. The van der Waals surface area contributed by atoms with E-state index in [0.29, 0.717) is 10.5 Å². The highest BCUT2D eigenvalue weighted by atomic mass is 35.5. The fourth-order valence-corrected chi connectivity index (χ4v) is 2.79. The third kappa shape index (κ3) is 1.98. The molecule has 1 N–H and O–H groups in total. The van der Waals surface area contributed by atoms with Gasteiger partial charge in [0, 0.05) is 27.6 Å². The Hall–Kier alpha value is -2.39. The van der Waals surface area contributed by atoms with Crippen molar-refractivity contribution >= 4 is 33.4 Å². The smallest absolute Gasteiger partial charge is 0.148 e. The summed E-state index contributed by atoms with van der Waals surface area (Å²) in [4.78, 5) is 7.60. The van der Waals surface area contributed by atoms with Crippen molar-refractivity contribution in [3.05, 3.63) is 65.6 Å². The monoisotopic (exact) mass is 296 g/mol. The first-order valence-electron chi connectivity index (χ1n) is 6.55. The lowest BCUT2D eigenvalue weighted by molar-refractivity contribution is 0.637. The molecule has 0 aliphatic heterocycles. The van der Waals surface area contributed by atoms with Crippen LogP contribution in [-0.4, -0.2) is 9.97 Å². The molecule has 0 bridgehead atoms. The van der Waals surface area contributed by atoms with Crippen molar-refractivity contribution in [3.63, 3.8) is 0 Å².